The summed E-state index contributed by atoms with van der Waals surface area (Å²) < 4.78 is 42.8. The molecular formula is C46H67FN6O10S. The number of likely N-dealkylation sites (N-methyl/N-ethyl adjacent to an activating group) is 1. The minimum atomic E-state index is -3.18. The molecule has 8 rings (SSSR count). The Morgan fingerprint density at radius 1 is 1.09 bits per heavy atom. The monoisotopic (exact) mass is 914 g/mol. The number of fused-ring (bicyclic) bond motifs is 3. The van der Waals surface area contributed by atoms with Gasteiger partial charge in [-0.1, -0.05) is 39.8 Å². The second-order valence-electron chi connectivity index (χ2n) is 19.0. The van der Waals surface area contributed by atoms with Crippen LogP contribution in [0.3, 0.4) is 0 Å². The summed E-state index contributed by atoms with van der Waals surface area (Å²) in [7, 11) is 3.67. The highest BCUT2D eigenvalue weighted by Crippen LogP contribution is 2.52. The summed E-state index contributed by atoms with van der Waals surface area (Å²) in [6.45, 7) is 14.8. The lowest BCUT2D eigenvalue weighted by Crippen LogP contribution is -2.71. The third-order valence-electron chi connectivity index (χ3n) is 14.1. The summed E-state index contributed by atoms with van der Waals surface area (Å²) in [4.78, 5) is 63.2. The van der Waals surface area contributed by atoms with Gasteiger partial charge in [-0.25, -0.2) is 19.2 Å². The molecule has 5 aliphatic heterocycles. The van der Waals surface area contributed by atoms with Crippen molar-refractivity contribution in [1.82, 2.24) is 14.9 Å². The molecule has 64 heavy (non-hydrogen) atoms. The second-order valence-corrected chi connectivity index (χ2v) is 19.8. The van der Waals surface area contributed by atoms with Crippen LogP contribution >= 0.6 is 11.3 Å². The van der Waals surface area contributed by atoms with Crippen molar-refractivity contribution >= 4 is 46.2 Å². The molecule has 7 heterocycles. The van der Waals surface area contributed by atoms with Gasteiger partial charge in [-0.3, -0.25) is 14.6 Å². The molecule has 5 saturated heterocycles. The molecule has 0 aromatic carbocycles. The molecule has 354 valence electrons. The quantitative estimate of drug-likeness (QED) is 0.156. The number of thiazole rings is 1. The fourth-order valence-corrected chi connectivity index (χ4v) is 11.0. The molecule has 18 heteroatoms. The number of esters is 1. The van der Waals surface area contributed by atoms with E-state index in [1.165, 1.54) is 25.2 Å². The van der Waals surface area contributed by atoms with E-state index in [1.54, 1.807) is 32.3 Å². The number of anilines is 1. The maximum atomic E-state index is 17.1. The summed E-state index contributed by atoms with van der Waals surface area (Å²) in [5.41, 5.74) is 1.88. The molecule has 1 aliphatic carbocycles. The van der Waals surface area contributed by atoms with Crippen LogP contribution in [0.25, 0.3) is 10.6 Å². The average molecular weight is 915 g/mol. The highest BCUT2D eigenvalue weighted by molar-refractivity contribution is 7.13. The van der Waals surface area contributed by atoms with Gasteiger partial charge in [0.05, 0.1) is 29.2 Å². The first-order valence-corrected chi connectivity index (χ1v) is 23.4. The molecule has 16 nitrogen and oxygen atoms in total. The molecule has 2 aromatic heterocycles. The van der Waals surface area contributed by atoms with Crippen molar-refractivity contribution in [3.63, 3.8) is 0 Å². The van der Waals surface area contributed by atoms with Gasteiger partial charge in [-0.05, 0) is 97.9 Å². The summed E-state index contributed by atoms with van der Waals surface area (Å²) in [5.74, 6) is -6.08. The van der Waals surface area contributed by atoms with Crippen LogP contribution in [0, 0.1) is 29.6 Å². The number of ether oxygens (including phenoxy) is 4. The molecule has 0 radical (unpaired) electrons. The number of aliphatic hydroxyl groups excluding tert-OH is 1. The molecule has 2 aromatic rings. The number of alkyl halides is 1. The molecule has 6 fully saturated rings. The van der Waals surface area contributed by atoms with Crippen molar-refractivity contribution in [2.24, 2.45) is 39.7 Å². The van der Waals surface area contributed by atoms with E-state index in [4.69, 9.17) is 34.7 Å². The number of carbonyl (C=O) groups is 3. The molecule has 1 amide bonds. The minimum absolute atomic E-state index is 0.00464. The number of carbonyl (C=O) groups excluding carboxylic acids is 3. The van der Waals surface area contributed by atoms with Gasteiger partial charge >= 0.3 is 5.97 Å². The van der Waals surface area contributed by atoms with Gasteiger partial charge in [0.2, 0.25) is 5.91 Å². The Morgan fingerprint density at radius 3 is 2.42 bits per heavy atom. The Morgan fingerprint density at radius 2 is 1.81 bits per heavy atom. The summed E-state index contributed by atoms with van der Waals surface area (Å²) in [5, 5.41) is 31.5. The molecular weight excluding hydrogens is 848 g/mol. The number of hydrogen-bond acceptors (Lipinski definition) is 16. The van der Waals surface area contributed by atoms with E-state index in [0.29, 0.717) is 35.8 Å². The van der Waals surface area contributed by atoms with Crippen LogP contribution < -0.4 is 5.73 Å². The molecule has 4 N–H and O–H groups in total. The van der Waals surface area contributed by atoms with E-state index >= 15 is 4.39 Å². The van der Waals surface area contributed by atoms with E-state index in [0.717, 1.165) is 17.5 Å². The number of hydrogen-bond donors (Lipinski definition) is 3. The number of aliphatic hydroxyl groups is 2. The Hall–Kier alpha value is -3.78. The topological polar surface area (TPSA) is 218 Å². The lowest BCUT2D eigenvalue weighted by molar-refractivity contribution is -0.338. The average Bonchev–Trinajstić information content (AvgIpc) is 3.69. The molecule has 1 saturated carbocycles. The number of nitrogen functional groups attached to an aromatic ring is 1. The highest BCUT2D eigenvalue weighted by Gasteiger charge is 2.64. The standard InChI is InChI=1S/C46H67FN6O10S/c1-12-33-45(8,58)29-16-17-31(52-59-21-28-15-14-27(20-49-28)41-50-34(48)22-64-41)38-30(18-23(3)36(25(29)5)51-35(54)13-2)46(9,63-38)40(26(6)39(56)44(7,47)43(57)61-33)62-42-37(55)32(53(10)11)19-24(4)60-42/h14-15,20,22-26,29-30,32-33,37-38,40,42,55,58H,12-13,16-19,21,48H2,1-11H3/t23-,24-,25-,26?,29-,30?,32+,33-,37-,38?,40-,42+,44+,45+,46-/m1/s1. The van der Waals surface area contributed by atoms with E-state index in [2.05, 4.69) is 15.0 Å². The molecule has 15 atom stereocenters. The number of amides is 1. The van der Waals surface area contributed by atoms with Crippen molar-refractivity contribution in [2.45, 2.75) is 167 Å². The molecule has 3 unspecified atom stereocenters. The number of nitrogens with zero attached hydrogens (tertiary/aromatic N) is 5. The van der Waals surface area contributed by atoms with Crippen molar-refractivity contribution in [1.29, 1.82) is 0 Å². The Bertz CT molecular complexity index is 2060. The predicted molar refractivity (Wildman–Crippen MR) is 239 cm³/mol. The third kappa shape index (κ3) is 9.83. The normalized spacial score (nSPS) is 40.0. The van der Waals surface area contributed by atoms with Gasteiger partial charge in [0.1, 0.15) is 34.7 Å². The Balaban J connectivity index is 1.49. The first-order valence-electron chi connectivity index (χ1n) is 22.5. The van der Waals surface area contributed by atoms with Crippen LogP contribution in [0.5, 0.6) is 0 Å². The number of aromatic nitrogens is 2. The summed E-state index contributed by atoms with van der Waals surface area (Å²) in [6.07, 6.45) is -2.94. The molecule has 4 bridgehead atoms. The summed E-state index contributed by atoms with van der Waals surface area (Å²) in [6, 6.07) is 3.30. The number of oxime groups is 1. The maximum absolute atomic E-state index is 17.1. The number of pyridine rings is 1. The van der Waals surface area contributed by atoms with Gasteiger partial charge < -0.3 is 44.6 Å². The van der Waals surface area contributed by atoms with Gasteiger partial charge in [0.15, 0.2) is 18.7 Å². The van der Waals surface area contributed by atoms with Crippen LogP contribution in [0.2, 0.25) is 0 Å². The highest BCUT2D eigenvalue weighted by atomic mass is 32.1. The van der Waals surface area contributed by atoms with Crippen molar-refractivity contribution in [3.8, 4) is 10.6 Å². The Kier molecular flexibility index (Phi) is 15.2. The number of rotatable bonds is 9. The lowest BCUT2D eigenvalue weighted by atomic mass is 9.62. The van der Waals surface area contributed by atoms with E-state index < -0.39 is 88.9 Å². The fraction of sp³-hybridized carbons (Fsp3) is 0.717. The zero-order chi connectivity index (χ0) is 47.1. The third-order valence-corrected chi connectivity index (χ3v) is 15.0. The molecule has 0 spiro atoms. The predicted octanol–water partition coefficient (Wildman–Crippen LogP) is 5.71. The fourth-order valence-electron chi connectivity index (χ4n) is 10.3. The van der Waals surface area contributed by atoms with Crippen LogP contribution in [0.15, 0.2) is 33.9 Å². The van der Waals surface area contributed by atoms with Crippen LogP contribution in [0.1, 0.15) is 107 Å². The lowest BCUT2D eigenvalue weighted by Gasteiger charge is -2.59. The number of ketones is 1. The first kappa shape index (κ1) is 49.6. The number of Topliss-reactive ketones (excluding diaryl/α,β-unsaturated/α-hetero) is 1. The van der Waals surface area contributed by atoms with Gasteiger partial charge in [-0.15, -0.1) is 11.3 Å². The maximum Gasteiger partial charge on any atom is 0.351 e. The zero-order valence-electron chi connectivity index (χ0n) is 38.9. The van der Waals surface area contributed by atoms with E-state index in [9.17, 15) is 24.6 Å². The van der Waals surface area contributed by atoms with Gasteiger partial charge in [-0.2, -0.15) is 0 Å². The number of nitrogens with two attached hydrogens (primary N) is 1. The van der Waals surface area contributed by atoms with Gasteiger partial charge in [0.25, 0.3) is 5.67 Å². The smallest absolute Gasteiger partial charge is 0.351 e. The SMILES string of the molecule is CCC(=O)N=C1[C@H](C)CC2C3O[C@@]2(C)[C@H](O[C@@H]2O[C@H](C)C[C@H](N(C)C)[C@H]2O)C(C)C(=O)[C@](C)(F)C(=O)O[C@H](CC)[C@@](C)(O)[C@H](CCC3=NOCc2ccc(-c3nc(N)cs3)cn2)[C@H]1C. The van der Waals surface area contributed by atoms with Gasteiger partial charge in [0, 0.05) is 53.1 Å². The van der Waals surface area contributed by atoms with Crippen molar-refractivity contribution < 1.29 is 52.8 Å². The van der Waals surface area contributed by atoms with Crippen LogP contribution in [0.4, 0.5) is 10.2 Å². The Labute approximate surface area is 379 Å². The first-order chi connectivity index (χ1) is 30.0. The van der Waals surface area contributed by atoms with Crippen LogP contribution in [-0.2, 0) is 44.8 Å². The molecule has 6 aliphatic rings. The number of aliphatic imine (C=N–C) groups is 1. The van der Waals surface area contributed by atoms with Crippen LogP contribution in [-0.4, -0.2) is 128 Å². The largest absolute Gasteiger partial charge is 0.457 e. The second kappa shape index (κ2) is 19.6. The van der Waals surface area contributed by atoms with Crippen molar-refractivity contribution in [3.05, 3.63) is 29.4 Å². The van der Waals surface area contributed by atoms with E-state index in [-0.39, 0.29) is 50.3 Å². The van der Waals surface area contributed by atoms with Crippen molar-refractivity contribution in [2.75, 3.05) is 19.8 Å². The number of halogens is 1. The summed E-state index contributed by atoms with van der Waals surface area (Å²) >= 11 is 1.41. The van der Waals surface area contributed by atoms with E-state index in [1.807, 2.05) is 51.9 Å². The minimum Gasteiger partial charge on any atom is -0.457 e. The zero-order valence-corrected chi connectivity index (χ0v) is 39.8.